The van der Waals surface area contributed by atoms with Crippen molar-refractivity contribution >= 4 is 11.6 Å². The third-order valence-corrected chi connectivity index (χ3v) is 4.18. The Balaban J connectivity index is 1.65. The fourth-order valence-corrected chi connectivity index (χ4v) is 2.73. The highest BCUT2D eigenvalue weighted by Gasteiger charge is 2.15. The van der Waals surface area contributed by atoms with Crippen molar-refractivity contribution in [2.75, 3.05) is 14.2 Å². The van der Waals surface area contributed by atoms with Crippen LogP contribution in [0.3, 0.4) is 0 Å². The van der Waals surface area contributed by atoms with E-state index in [0.29, 0.717) is 22.6 Å². The SMILES string of the molecule is COc1cccc(C(=O)Cn2cc[n+](CC(=O)c3cccc(OC)c3)c2)c1. The summed E-state index contributed by atoms with van der Waals surface area (Å²) in [6.07, 6.45) is 5.30. The third-order valence-electron chi connectivity index (χ3n) is 4.18. The van der Waals surface area contributed by atoms with Crippen LogP contribution in [0.15, 0.2) is 67.3 Å². The number of methoxy groups -OCH3 is 2. The molecule has 0 aliphatic heterocycles. The van der Waals surface area contributed by atoms with Gasteiger partial charge in [-0.15, -0.1) is 0 Å². The number of ketones is 2. The van der Waals surface area contributed by atoms with Crippen molar-refractivity contribution in [2.24, 2.45) is 0 Å². The number of ether oxygens (including phenoxy) is 2. The van der Waals surface area contributed by atoms with Gasteiger partial charge in [-0.2, -0.15) is 0 Å². The minimum atomic E-state index is -0.0317. The van der Waals surface area contributed by atoms with Crippen LogP contribution in [0.4, 0.5) is 0 Å². The Hall–Kier alpha value is -3.41. The Morgan fingerprint density at radius 3 is 2.11 bits per heavy atom. The first-order valence-electron chi connectivity index (χ1n) is 8.48. The molecule has 0 unspecified atom stereocenters. The van der Waals surface area contributed by atoms with Gasteiger partial charge in [-0.05, 0) is 24.3 Å². The van der Waals surface area contributed by atoms with Gasteiger partial charge in [-0.25, -0.2) is 9.13 Å². The zero-order chi connectivity index (χ0) is 19.2. The van der Waals surface area contributed by atoms with Gasteiger partial charge < -0.3 is 9.47 Å². The maximum absolute atomic E-state index is 12.4. The summed E-state index contributed by atoms with van der Waals surface area (Å²) in [5.74, 6) is 1.23. The minimum Gasteiger partial charge on any atom is -0.497 e. The second-order valence-corrected chi connectivity index (χ2v) is 6.07. The lowest BCUT2D eigenvalue weighted by atomic mass is 10.1. The molecular weight excluding hydrogens is 344 g/mol. The molecule has 6 nitrogen and oxygen atoms in total. The van der Waals surface area contributed by atoms with E-state index >= 15 is 0 Å². The van der Waals surface area contributed by atoms with Gasteiger partial charge in [0.1, 0.15) is 23.9 Å². The van der Waals surface area contributed by atoms with Crippen LogP contribution < -0.4 is 14.0 Å². The van der Waals surface area contributed by atoms with E-state index in [1.54, 1.807) is 90.6 Å². The topological polar surface area (TPSA) is 61.4 Å². The average Bonchev–Trinajstić information content (AvgIpc) is 3.14. The smallest absolute Gasteiger partial charge is 0.244 e. The molecule has 27 heavy (non-hydrogen) atoms. The van der Waals surface area contributed by atoms with Gasteiger partial charge in [0, 0.05) is 11.1 Å². The van der Waals surface area contributed by atoms with E-state index < -0.39 is 0 Å². The molecule has 138 valence electrons. The van der Waals surface area contributed by atoms with E-state index in [-0.39, 0.29) is 24.7 Å². The summed E-state index contributed by atoms with van der Waals surface area (Å²) in [6, 6.07) is 14.1. The molecule has 0 saturated heterocycles. The average molecular weight is 365 g/mol. The molecule has 3 aromatic rings. The van der Waals surface area contributed by atoms with Crippen molar-refractivity contribution in [3.05, 3.63) is 78.4 Å². The molecule has 0 atom stereocenters. The number of carbonyl (C=O) groups excluding carboxylic acids is 2. The molecule has 0 saturated carbocycles. The molecule has 0 aliphatic carbocycles. The van der Waals surface area contributed by atoms with E-state index in [0.717, 1.165) is 0 Å². The summed E-state index contributed by atoms with van der Waals surface area (Å²) >= 11 is 0. The summed E-state index contributed by atoms with van der Waals surface area (Å²) in [5, 5.41) is 0. The Labute approximate surface area is 157 Å². The Morgan fingerprint density at radius 2 is 1.52 bits per heavy atom. The first kappa shape index (κ1) is 18.4. The van der Waals surface area contributed by atoms with E-state index in [1.807, 2.05) is 0 Å². The van der Waals surface area contributed by atoms with Crippen LogP contribution in [0.5, 0.6) is 11.5 Å². The predicted molar refractivity (Wildman–Crippen MR) is 99.3 cm³/mol. The van der Waals surface area contributed by atoms with Crippen molar-refractivity contribution in [3.63, 3.8) is 0 Å². The highest BCUT2D eigenvalue weighted by atomic mass is 16.5. The van der Waals surface area contributed by atoms with Crippen molar-refractivity contribution < 1.29 is 23.6 Å². The fourth-order valence-electron chi connectivity index (χ4n) is 2.73. The van der Waals surface area contributed by atoms with Gasteiger partial charge in [-0.1, -0.05) is 24.3 Å². The molecule has 1 heterocycles. The van der Waals surface area contributed by atoms with Gasteiger partial charge >= 0.3 is 0 Å². The van der Waals surface area contributed by atoms with E-state index in [2.05, 4.69) is 0 Å². The molecule has 2 aromatic carbocycles. The quantitative estimate of drug-likeness (QED) is 0.455. The van der Waals surface area contributed by atoms with Gasteiger partial charge in [0.2, 0.25) is 17.9 Å². The lowest BCUT2D eigenvalue weighted by Gasteiger charge is -2.03. The van der Waals surface area contributed by atoms with Crippen LogP contribution in [-0.4, -0.2) is 30.4 Å². The lowest BCUT2D eigenvalue weighted by molar-refractivity contribution is -0.682. The highest BCUT2D eigenvalue weighted by molar-refractivity contribution is 5.96. The summed E-state index contributed by atoms with van der Waals surface area (Å²) in [4.78, 5) is 24.9. The number of imidazole rings is 1. The van der Waals surface area contributed by atoms with Gasteiger partial charge in [0.05, 0.1) is 14.2 Å². The van der Waals surface area contributed by atoms with Crippen molar-refractivity contribution in [2.45, 2.75) is 13.1 Å². The van der Waals surface area contributed by atoms with Gasteiger partial charge in [0.15, 0.2) is 13.1 Å². The predicted octanol–water partition coefficient (Wildman–Crippen LogP) is 2.56. The Kier molecular flexibility index (Phi) is 5.66. The molecule has 0 spiro atoms. The first-order valence-corrected chi connectivity index (χ1v) is 8.48. The zero-order valence-corrected chi connectivity index (χ0v) is 15.3. The van der Waals surface area contributed by atoms with Crippen LogP contribution in [0.25, 0.3) is 0 Å². The maximum atomic E-state index is 12.4. The highest BCUT2D eigenvalue weighted by Crippen LogP contribution is 2.14. The number of hydrogen-bond donors (Lipinski definition) is 0. The number of carbonyl (C=O) groups is 2. The zero-order valence-electron chi connectivity index (χ0n) is 15.3. The van der Waals surface area contributed by atoms with E-state index in [4.69, 9.17) is 9.47 Å². The molecular formula is C21H21N2O4+. The molecule has 6 heteroatoms. The Bertz CT molecular complexity index is 886. The van der Waals surface area contributed by atoms with E-state index in [1.165, 1.54) is 0 Å². The van der Waals surface area contributed by atoms with Crippen LogP contribution >= 0.6 is 0 Å². The molecule has 1 aromatic heterocycles. The molecule has 0 bridgehead atoms. The molecule has 0 amide bonds. The maximum Gasteiger partial charge on any atom is 0.244 e. The van der Waals surface area contributed by atoms with Gasteiger partial charge in [-0.3, -0.25) is 9.59 Å². The molecule has 0 aliphatic rings. The summed E-state index contributed by atoms with van der Waals surface area (Å²) in [6.45, 7) is 0.376. The molecule has 3 rings (SSSR count). The summed E-state index contributed by atoms with van der Waals surface area (Å²) in [7, 11) is 3.13. The monoisotopic (exact) mass is 365 g/mol. The van der Waals surface area contributed by atoms with Crippen molar-refractivity contribution in [1.82, 2.24) is 4.57 Å². The molecule has 0 radical (unpaired) electrons. The lowest BCUT2D eigenvalue weighted by Crippen LogP contribution is -2.36. The van der Waals surface area contributed by atoms with E-state index in [9.17, 15) is 9.59 Å². The summed E-state index contributed by atoms with van der Waals surface area (Å²) in [5.41, 5.74) is 1.17. The Morgan fingerprint density at radius 1 is 0.926 bits per heavy atom. The fraction of sp³-hybridized carbons (Fsp3) is 0.190. The second-order valence-electron chi connectivity index (χ2n) is 6.07. The van der Waals surface area contributed by atoms with Crippen LogP contribution in [-0.2, 0) is 13.1 Å². The van der Waals surface area contributed by atoms with Crippen molar-refractivity contribution in [1.29, 1.82) is 0 Å². The molecule has 0 fully saturated rings. The number of benzene rings is 2. The molecule has 0 N–H and O–H groups in total. The second kappa shape index (κ2) is 8.31. The standard InChI is InChI=1S/C21H21N2O4/c1-26-18-7-3-5-16(11-18)20(24)13-22-9-10-23(15-22)14-21(25)17-6-4-8-19(12-17)27-2/h3-12,15H,13-14H2,1-2H3/q+1. The number of aromatic nitrogens is 2. The van der Waals surface area contributed by atoms with Gasteiger partial charge in [0.25, 0.3) is 0 Å². The number of Topliss-reactive ketones (excluding diaryl/α,β-unsaturated/α-hetero) is 2. The van der Waals surface area contributed by atoms with Crippen LogP contribution in [0, 0.1) is 0 Å². The van der Waals surface area contributed by atoms with Crippen LogP contribution in [0.2, 0.25) is 0 Å². The largest absolute Gasteiger partial charge is 0.497 e. The number of nitrogens with zero attached hydrogens (tertiary/aromatic N) is 2. The van der Waals surface area contributed by atoms with Crippen molar-refractivity contribution in [3.8, 4) is 11.5 Å². The first-order chi connectivity index (χ1) is 13.1. The third kappa shape index (κ3) is 4.61. The minimum absolute atomic E-state index is 0.0317. The number of hydrogen-bond acceptors (Lipinski definition) is 4. The summed E-state index contributed by atoms with van der Waals surface area (Å²) < 4.78 is 13.8. The number of rotatable bonds is 8. The van der Waals surface area contributed by atoms with Crippen LogP contribution in [0.1, 0.15) is 20.7 Å². The normalized spacial score (nSPS) is 10.4.